The molecule has 170 valence electrons. The van der Waals surface area contributed by atoms with Gasteiger partial charge in [0.15, 0.2) is 0 Å². The summed E-state index contributed by atoms with van der Waals surface area (Å²) >= 11 is 0. The van der Waals surface area contributed by atoms with Crippen LogP contribution in [0.1, 0.15) is 38.7 Å². The van der Waals surface area contributed by atoms with E-state index in [9.17, 15) is 9.59 Å². The molecule has 1 heterocycles. The number of carbonyl (C=O) groups is 2. The Balaban J connectivity index is 0.00000240. The van der Waals surface area contributed by atoms with Crippen LogP contribution >= 0.6 is 24.8 Å². The van der Waals surface area contributed by atoms with E-state index in [1.165, 1.54) is 12.8 Å². The lowest BCUT2D eigenvalue weighted by Gasteiger charge is -2.26. The van der Waals surface area contributed by atoms with Gasteiger partial charge in [-0.3, -0.25) is 9.59 Å². The minimum Gasteiger partial charge on any atom is -0.371 e. The van der Waals surface area contributed by atoms with Crippen molar-refractivity contribution < 1.29 is 9.59 Å². The lowest BCUT2D eigenvalue weighted by atomic mass is 9.92. The maximum Gasteiger partial charge on any atom is 0.244 e. The Labute approximate surface area is 196 Å². The van der Waals surface area contributed by atoms with Crippen molar-refractivity contribution in [3.8, 4) is 0 Å². The monoisotopic (exact) mass is 466 g/mol. The van der Waals surface area contributed by atoms with Gasteiger partial charge in [-0.15, -0.1) is 24.8 Å². The molecule has 1 saturated heterocycles. The van der Waals surface area contributed by atoms with Crippen molar-refractivity contribution in [1.82, 2.24) is 5.32 Å². The molecule has 0 saturated carbocycles. The third kappa shape index (κ3) is 7.13. The second-order valence-electron chi connectivity index (χ2n) is 7.94. The minimum absolute atomic E-state index is 0. The van der Waals surface area contributed by atoms with Crippen LogP contribution in [0, 0.1) is 0 Å². The lowest BCUT2D eigenvalue weighted by Crippen LogP contribution is -2.51. The molecule has 1 aliphatic rings. The molecule has 2 atom stereocenters. The van der Waals surface area contributed by atoms with Crippen LogP contribution in [0.3, 0.4) is 0 Å². The topological polar surface area (TPSA) is 87.5 Å². The molecule has 8 heteroatoms. The molecule has 3 rings (SSSR count). The average molecular weight is 467 g/mol. The number of halogens is 2. The molecule has 31 heavy (non-hydrogen) atoms. The van der Waals surface area contributed by atoms with Crippen molar-refractivity contribution in [3.05, 3.63) is 60.2 Å². The zero-order valence-corrected chi connectivity index (χ0v) is 19.6. The van der Waals surface area contributed by atoms with E-state index in [4.69, 9.17) is 5.73 Å². The van der Waals surface area contributed by atoms with Crippen molar-refractivity contribution in [2.45, 2.75) is 44.7 Å². The number of rotatable bonds is 7. The van der Waals surface area contributed by atoms with E-state index in [1.54, 1.807) is 13.8 Å². The minimum atomic E-state index is -1.16. The molecule has 0 aromatic heterocycles. The Kier molecular flexibility index (Phi) is 10.3. The van der Waals surface area contributed by atoms with E-state index in [0.717, 1.165) is 30.0 Å². The van der Waals surface area contributed by atoms with Gasteiger partial charge in [0.1, 0.15) is 5.54 Å². The number of hydrogen-bond donors (Lipinski definition) is 3. The zero-order chi connectivity index (χ0) is 20.9. The fraction of sp³-hybridized carbons (Fsp3) is 0.391. The molecule has 2 unspecified atom stereocenters. The molecule has 2 aromatic rings. The molecule has 2 aromatic carbocycles. The summed E-state index contributed by atoms with van der Waals surface area (Å²) in [5.41, 5.74) is 7.71. The maximum absolute atomic E-state index is 12.6. The highest BCUT2D eigenvalue weighted by atomic mass is 35.5. The molecular formula is C23H32Cl2N4O2. The van der Waals surface area contributed by atoms with E-state index in [-0.39, 0.29) is 49.1 Å². The van der Waals surface area contributed by atoms with Crippen molar-refractivity contribution in [3.63, 3.8) is 0 Å². The first kappa shape index (κ1) is 26.8. The van der Waals surface area contributed by atoms with Crippen LogP contribution in [-0.4, -0.2) is 30.9 Å². The molecule has 2 amide bonds. The predicted octanol–water partition coefficient (Wildman–Crippen LogP) is 3.84. The van der Waals surface area contributed by atoms with E-state index in [1.807, 2.05) is 48.5 Å². The summed E-state index contributed by atoms with van der Waals surface area (Å²) in [5, 5.41) is 5.79. The third-order valence-electron chi connectivity index (χ3n) is 5.32. The fourth-order valence-electron chi connectivity index (χ4n) is 3.59. The van der Waals surface area contributed by atoms with Gasteiger partial charge in [-0.05, 0) is 50.5 Å². The summed E-state index contributed by atoms with van der Waals surface area (Å²) in [4.78, 5) is 27.4. The number of amides is 2. The van der Waals surface area contributed by atoms with Crippen LogP contribution in [0.5, 0.6) is 0 Å². The summed E-state index contributed by atoms with van der Waals surface area (Å²) in [6, 6.07) is 16.8. The summed E-state index contributed by atoms with van der Waals surface area (Å²) in [6.07, 6.45) is 2.58. The van der Waals surface area contributed by atoms with Crippen LogP contribution < -0.4 is 21.3 Å². The quantitative estimate of drug-likeness (QED) is 0.578. The normalized spacial score (nSPS) is 15.6. The summed E-state index contributed by atoms with van der Waals surface area (Å²) in [7, 11) is 0. The smallest absolute Gasteiger partial charge is 0.244 e. The van der Waals surface area contributed by atoms with Gasteiger partial charge in [0, 0.05) is 36.9 Å². The Bertz CT molecular complexity index is 856. The van der Waals surface area contributed by atoms with Crippen molar-refractivity contribution in [2.75, 3.05) is 23.3 Å². The van der Waals surface area contributed by atoms with Crippen LogP contribution in [0.15, 0.2) is 54.6 Å². The lowest BCUT2D eigenvalue weighted by molar-refractivity contribution is -0.127. The summed E-state index contributed by atoms with van der Waals surface area (Å²) in [5.74, 6) is -0.449. The van der Waals surface area contributed by atoms with Crippen LogP contribution in [0.4, 0.5) is 11.4 Å². The Morgan fingerprint density at radius 2 is 1.71 bits per heavy atom. The van der Waals surface area contributed by atoms with Crippen molar-refractivity contribution in [1.29, 1.82) is 0 Å². The molecule has 0 aliphatic carbocycles. The molecule has 4 N–H and O–H groups in total. The van der Waals surface area contributed by atoms with Crippen LogP contribution in [0.2, 0.25) is 0 Å². The first-order chi connectivity index (χ1) is 13.9. The Morgan fingerprint density at radius 3 is 2.35 bits per heavy atom. The summed E-state index contributed by atoms with van der Waals surface area (Å²) < 4.78 is 0. The standard InChI is InChI=1S/C23H30N4O2.2ClH/c1-17(25-22(29)23(2,24)18-9-4-3-5-10-18)15-21(28)26-19-11-8-12-20(16-19)27-13-6-7-14-27;;/h3-5,8-12,16-17H,6-7,13-15,24H2,1-2H3,(H,25,29)(H,26,28);2*1H. The number of nitrogens with two attached hydrogens (primary N) is 1. The highest BCUT2D eigenvalue weighted by Gasteiger charge is 2.31. The van der Waals surface area contributed by atoms with Gasteiger partial charge in [-0.25, -0.2) is 0 Å². The van der Waals surface area contributed by atoms with Crippen molar-refractivity contribution >= 4 is 48.0 Å². The number of carbonyl (C=O) groups excluding carboxylic acids is 2. The van der Waals surface area contributed by atoms with Gasteiger partial charge in [0.25, 0.3) is 0 Å². The molecule has 0 bridgehead atoms. The number of hydrogen-bond acceptors (Lipinski definition) is 4. The molecule has 6 nitrogen and oxygen atoms in total. The van der Waals surface area contributed by atoms with Gasteiger partial charge in [0.05, 0.1) is 0 Å². The second-order valence-corrected chi connectivity index (χ2v) is 7.94. The van der Waals surface area contributed by atoms with Gasteiger partial charge >= 0.3 is 0 Å². The molecule has 1 fully saturated rings. The first-order valence-corrected chi connectivity index (χ1v) is 10.2. The molecule has 0 spiro atoms. The fourth-order valence-corrected chi connectivity index (χ4v) is 3.59. The van der Waals surface area contributed by atoms with Crippen LogP contribution in [-0.2, 0) is 15.1 Å². The van der Waals surface area contributed by atoms with Gasteiger partial charge in [0.2, 0.25) is 11.8 Å². The third-order valence-corrected chi connectivity index (χ3v) is 5.32. The molecule has 1 aliphatic heterocycles. The van der Waals surface area contributed by atoms with Crippen molar-refractivity contribution in [2.24, 2.45) is 5.73 Å². The largest absolute Gasteiger partial charge is 0.371 e. The second kappa shape index (κ2) is 11.9. The Hall–Kier alpha value is -2.28. The number of anilines is 2. The molecular weight excluding hydrogens is 435 g/mol. The maximum atomic E-state index is 12.6. The average Bonchev–Trinajstić information content (AvgIpc) is 3.23. The van der Waals surface area contributed by atoms with Crippen LogP contribution in [0.25, 0.3) is 0 Å². The highest BCUT2D eigenvalue weighted by molar-refractivity contribution is 5.92. The highest BCUT2D eigenvalue weighted by Crippen LogP contribution is 2.23. The molecule has 0 radical (unpaired) electrons. The number of nitrogens with zero attached hydrogens (tertiary/aromatic N) is 1. The van der Waals surface area contributed by atoms with E-state index < -0.39 is 5.54 Å². The predicted molar refractivity (Wildman–Crippen MR) is 131 cm³/mol. The SMILES string of the molecule is CC(CC(=O)Nc1cccc(N2CCCC2)c1)NC(=O)C(C)(N)c1ccccc1.Cl.Cl. The van der Waals surface area contributed by atoms with E-state index in [0.29, 0.717) is 0 Å². The zero-order valence-electron chi connectivity index (χ0n) is 18.0. The van der Waals surface area contributed by atoms with Gasteiger partial charge < -0.3 is 21.3 Å². The summed E-state index contributed by atoms with van der Waals surface area (Å²) in [6.45, 7) is 5.59. The first-order valence-electron chi connectivity index (χ1n) is 10.2. The van der Waals surface area contributed by atoms with E-state index >= 15 is 0 Å². The number of nitrogens with one attached hydrogen (secondary N) is 2. The van der Waals surface area contributed by atoms with Gasteiger partial charge in [-0.2, -0.15) is 0 Å². The Morgan fingerprint density at radius 1 is 1.06 bits per heavy atom. The number of benzene rings is 2. The van der Waals surface area contributed by atoms with Gasteiger partial charge in [-0.1, -0.05) is 36.4 Å². The van der Waals surface area contributed by atoms with E-state index in [2.05, 4.69) is 21.6 Å².